The number of aliphatic hydroxyl groups is 1. The molecule has 24 heavy (non-hydrogen) atoms. The molecule has 1 amide bonds. The molecule has 1 heterocycles. The predicted octanol–water partition coefficient (Wildman–Crippen LogP) is 2.28. The number of aryl methyl sites for hydroxylation is 1. The van der Waals surface area contributed by atoms with Crippen LogP contribution in [-0.4, -0.2) is 45.1 Å². The van der Waals surface area contributed by atoms with Gasteiger partial charge in [0.2, 0.25) is 0 Å². The molecule has 0 saturated heterocycles. The van der Waals surface area contributed by atoms with Crippen molar-refractivity contribution in [1.29, 1.82) is 0 Å². The molecule has 2 aromatic rings. The van der Waals surface area contributed by atoms with E-state index in [9.17, 15) is 14.7 Å². The molecule has 0 fully saturated rings. The van der Waals surface area contributed by atoms with Crippen molar-refractivity contribution in [3.05, 3.63) is 65.0 Å². The summed E-state index contributed by atoms with van der Waals surface area (Å²) in [5.41, 5.74) is 1.86. The Hall–Kier alpha value is -2.73. The summed E-state index contributed by atoms with van der Waals surface area (Å²) >= 11 is 0. The minimum Gasteiger partial charge on any atom is -0.478 e. The Morgan fingerprint density at radius 3 is 2.46 bits per heavy atom. The van der Waals surface area contributed by atoms with E-state index in [2.05, 4.69) is 4.98 Å². The SMILES string of the molecule is CCN(CC(O)c1ccc(C)cc1)C(=O)c1cc(C(=O)O)ccn1. The molecule has 0 saturated carbocycles. The number of carbonyl (C=O) groups excluding carboxylic acids is 1. The van der Waals surface area contributed by atoms with Crippen LogP contribution in [0.4, 0.5) is 0 Å². The van der Waals surface area contributed by atoms with E-state index in [0.29, 0.717) is 6.54 Å². The molecule has 0 spiro atoms. The van der Waals surface area contributed by atoms with Gasteiger partial charge in [-0.05, 0) is 31.5 Å². The Kier molecular flexibility index (Phi) is 5.65. The van der Waals surface area contributed by atoms with Crippen LogP contribution in [0.2, 0.25) is 0 Å². The lowest BCUT2D eigenvalue weighted by Crippen LogP contribution is -2.35. The maximum absolute atomic E-state index is 12.5. The number of benzene rings is 1. The van der Waals surface area contributed by atoms with Crippen LogP contribution in [-0.2, 0) is 0 Å². The number of carboxylic acid groups (broad SMARTS) is 1. The van der Waals surface area contributed by atoms with Crippen LogP contribution < -0.4 is 0 Å². The van der Waals surface area contributed by atoms with Crippen molar-refractivity contribution in [3.8, 4) is 0 Å². The van der Waals surface area contributed by atoms with E-state index in [4.69, 9.17) is 5.11 Å². The van der Waals surface area contributed by atoms with E-state index in [1.54, 1.807) is 6.92 Å². The molecule has 2 N–H and O–H groups in total. The van der Waals surface area contributed by atoms with E-state index in [1.807, 2.05) is 31.2 Å². The normalized spacial score (nSPS) is 11.8. The summed E-state index contributed by atoms with van der Waals surface area (Å²) in [5.74, 6) is -1.53. The van der Waals surface area contributed by atoms with E-state index < -0.39 is 18.0 Å². The molecule has 2 rings (SSSR count). The minimum atomic E-state index is -1.12. The van der Waals surface area contributed by atoms with Crippen molar-refractivity contribution in [1.82, 2.24) is 9.88 Å². The number of hydrogen-bond donors (Lipinski definition) is 2. The van der Waals surface area contributed by atoms with Gasteiger partial charge in [-0.25, -0.2) is 4.79 Å². The monoisotopic (exact) mass is 328 g/mol. The Morgan fingerprint density at radius 1 is 1.21 bits per heavy atom. The summed E-state index contributed by atoms with van der Waals surface area (Å²) in [5, 5.41) is 19.4. The molecular formula is C18H20N2O4. The van der Waals surface area contributed by atoms with Crippen LogP contribution in [0.25, 0.3) is 0 Å². The molecule has 0 radical (unpaired) electrons. The number of aromatic carboxylic acids is 1. The van der Waals surface area contributed by atoms with Crippen molar-refractivity contribution in [3.63, 3.8) is 0 Å². The van der Waals surface area contributed by atoms with Gasteiger partial charge in [0.15, 0.2) is 0 Å². The summed E-state index contributed by atoms with van der Waals surface area (Å²) in [6, 6.07) is 10.0. The zero-order chi connectivity index (χ0) is 17.7. The first-order valence-electron chi connectivity index (χ1n) is 7.65. The second kappa shape index (κ2) is 7.70. The van der Waals surface area contributed by atoms with Crippen LogP contribution in [0.15, 0.2) is 42.6 Å². The molecule has 126 valence electrons. The fourth-order valence-corrected chi connectivity index (χ4v) is 2.30. The fraction of sp³-hybridized carbons (Fsp3) is 0.278. The highest BCUT2D eigenvalue weighted by atomic mass is 16.4. The second-order valence-corrected chi connectivity index (χ2v) is 5.51. The summed E-state index contributed by atoms with van der Waals surface area (Å²) in [6.07, 6.45) is 0.471. The Labute approximate surface area is 140 Å². The van der Waals surface area contributed by atoms with Crippen LogP contribution in [0, 0.1) is 6.92 Å². The molecule has 6 heteroatoms. The lowest BCUT2D eigenvalue weighted by Gasteiger charge is -2.24. The fourth-order valence-electron chi connectivity index (χ4n) is 2.30. The average Bonchev–Trinajstić information content (AvgIpc) is 2.59. The molecule has 0 aliphatic rings. The topological polar surface area (TPSA) is 90.7 Å². The Bertz CT molecular complexity index is 728. The minimum absolute atomic E-state index is 0.00323. The van der Waals surface area contributed by atoms with Crippen molar-refractivity contribution in [2.75, 3.05) is 13.1 Å². The number of nitrogens with zero attached hydrogens (tertiary/aromatic N) is 2. The number of hydrogen-bond acceptors (Lipinski definition) is 4. The van der Waals surface area contributed by atoms with Crippen LogP contribution in [0.5, 0.6) is 0 Å². The summed E-state index contributed by atoms with van der Waals surface area (Å²) in [7, 11) is 0. The van der Waals surface area contributed by atoms with E-state index in [1.165, 1.54) is 23.2 Å². The van der Waals surface area contributed by atoms with Gasteiger partial charge in [0.25, 0.3) is 5.91 Å². The number of carbonyl (C=O) groups is 2. The van der Waals surface area contributed by atoms with Crippen LogP contribution in [0.1, 0.15) is 45.0 Å². The number of carboxylic acids is 1. The summed E-state index contributed by atoms with van der Waals surface area (Å²) < 4.78 is 0. The number of pyridine rings is 1. The molecular weight excluding hydrogens is 308 g/mol. The molecule has 1 aromatic heterocycles. The maximum atomic E-state index is 12.5. The lowest BCUT2D eigenvalue weighted by atomic mass is 10.1. The number of aromatic nitrogens is 1. The number of aliphatic hydroxyl groups excluding tert-OH is 1. The molecule has 0 bridgehead atoms. The molecule has 0 aliphatic heterocycles. The lowest BCUT2D eigenvalue weighted by molar-refractivity contribution is 0.0629. The Balaban J connectivity index is 2.15. The van der Waals surface area contributed by atoms with Gasteiger partial charge in [-0.2, -0.15) is 0 Å². The smallest absolute Gasteiger partial charge is 0.335 e. The van der Waals surface area contributed by atoms with Crippen molar-refractivity contribution < 1.29 is 19.8 Å². The van der Waals surface area contributed by atoms with E-state index >= 15 is 0 Å². The molecule has 1 atom stereocenters. The highest BCUT2D eigenvalue weighted by Gasteiger charge is 2.20. The standard InChI is InChI=1S/C18H20N2O4/c1-3-20(11-16(21)13-6-4-12(2)5-7-13)17(22)15-10-14(18(23)24)8-9-19-15/h4-10,16,21H,3,11H2,1-2H3,(H,23,24). The first-order valence-corrected chi connectivity index (χ1v) is 7.65. The van der Waals surface area contributed by atoms with Gasteiger partial charge in [0, 0.05) is 12.7 Å². The zero-order valence-electron chi connectivity index (χ0n) is 13.6. The predicted molar refractivity (Wildman–Crippen MR) is 88.9 cm³/mol. The summed E-state index contributed by atoms with van der Waals surface area (Å²) in [6.45, 7) is 4.23. The van der Waals surface area contributed by atoms with E-state index in [-0.39, 0.29) is 17.8 Å². The zero-order valence-corrected chi connectivity index (χ0v) is 13.6. The van der Waals surface area contributed by atoms with Gasteiger partial charge in [-0.1, -0.05) is 29.8 Å². The maximum Gasteiger partial charge on any atom is 0.335 e. The van der Waals surface area contributed by atoms with Gasteiger partial charge in [0.05, 0.1) is 18.2 Å². The molecule has 0 aliphatic carbocycles. The highest BCUT2D eigenvalue weighted by Crippen LogP contribution is 2.16. The van der Waals surface area contributed by atoms with Gasteiger partial charge in [0.1, 0.15) is 5.69 Å². The Morgan fingerprint density at radius 2 is 1.88 bits per heavy atom. The van der Waals surface area contributed by atoms with Crippen molar-refractivity contribution >= 4 is 11.9 Å². The van der Waals surface area contributed by atoms with Crippen LogP contribution in [0.3, 0.4) is 0 Å². The van der Waals surface area contributed by atoms with Gasteiger partial charge < -0.3 is 15.1 Å². The van der Waals surface area contributed by atoms with Crippen molar-refractivity contribution in [2.24, 2.45) is 0 Å². The molecule has 1 aromatic carbocycles. The molecule has 6 nitrogen and oxygen atoms in total. The third-order valence-electron chi connectivity index (χ3n) is 3.75. The van der Waals surface area contributed by atoms with E-state index in [0.717, 1.165) is 11.1 Å². The highest BCUT2D eigenvalue weighted by molar-refractivity contribution is 5.95. The largest absolute Gasteiger partial charge is 0.478 e. The first-order chi connectivity index (χ1) is 11.4. The first kappa shape index (κ1) is 17.6. The number of likely N-dealkylation sites (N-methyl/N-ethyl adjacent to an activating group) is 1. The molecule has 1 unspecified atom stereocenters. The summed E-state index contributed by atoms with van der Waals surface area (Å²) in [4.78, 5) is 28.9. The number of amides is 1. The van der Waals surface area contributed by atoms with Gasteiger partial charge >= 0.3 is 5.97 Å². The third kappa shape index (κ3) is 4.17. The third-order valence-corrected chi connectivity index (χ3v) is 3.75. The van der Waals surface area contributed by atoms with Crippen molar-refractivity contribution in [2.45, 2.75) is 20.0 Å². The number of rotatable bonds is 6. The second-order valence-electron chi connectivity index (χ2n) is 5.51. The van der Waals surface area contributed by atoms with Gasteiger partial charge in [-0.15, -0.1) is 0 Å². The average molecular weight is 328 g/mol. The quantitative estimate of drug-likeness (QED) is 0.849. The van der Waals surface area contributed by atoms with Gasteiger partial charge in [-0.3, -0.25) is 9.78 Å². The van der Waals surface area contributed by atoms with Crippen LogP contribution >= 0.6 is 0 Å².